The lowest BCUT2D eigenvalue weighted by atomic mass is 10.4. The zero-order valence-corrected chi connectivity index (χ0v) is 8.41. The maximum atomic E-state index is 11.0. The molecule has 0 saturated carbocycles. The first-order chi connectivity index (χ1) is 7.72. The van der Waals surface area contributed by atoms with Gasteiger partial charge in [0, 0.05) is 0 Å². The number of rotatable bonds is 2. The molecule has 0 N–H and O–H groups in total. The number of hydrogen-bond donors (Lipinski definition) is 0. The summed E-state index contributed by atoms with van der Waals surface area (Å²) in [5.74, 6) is 0.240. The zero-order chi connectivity index (χ0) is 11.5. The Bertz CT molecular complexity index is 583. The van der Waals surface area contributed by atoms with E-state index < -0.39 is 5.97 Å². The lowest BCUT2D eigenvalue weighted by molar-refractivity contribution is -0.139. The molecule has 7 nitrogen and oxygen atoms in total. The second-order valence-corrected chi connectivity index (χ2v) is 2.98. The maximum Gasteiger partial charge on any atom is 0.313 e. The van der Waals surface area contributed by atoms with E-state index in [2.05, 4.69) is 19.8 Å². The third kappa shape index (κ3) is 1.81. The van der Waals surface area contributed by atoms with Crippen molar-refractivity contribution in [3.63, 3.8) is 0 Å². The predicted molar refractivity (Wildman–Crippen MR) is 51.2 cm³/mol. The fourth-order valence-corrected chi connectivity index (χ4v) is 1.16. The number of methoxy groups -OCH3 is 1. The molecule has 0 aliphatic heterocycles. The van der Waals surface area contributed by atoms with Crippen LogP contribution in [0.15, 0.2) is 12.4 Å². The van der Waals surface area contributed by atoms with Gasteiger partial charge >= 0.3 is 5.97 Å². The van der Waals surface area contributed by atoms with E-state index in [0.29, 0.717) is 17.2 Å². The van der Waals surface area contributed by atoms with Gasteiger partial charge < -0.3 is 4.74 Å². The smallest absolute Gasteiger partial charge is 0.313 e. The van der Waals surface area contributed by atoms with Crippen LogP contribution in [0.2, 0.25) is 0 Å². The average Bonchev–Trinajstić information content (AvgIpc) is 2.69. The lowest BCUT2D eigenvalue weighted by Gasteiger charge is -1.91. The first kappa shape index (κ1) is 10.0. The van der Waals surface area contributed by atoms with Gasteiger partial charge in [0.05, 0.1) is 25.1 Å². The second-order valence-electron chi connectivity index (χ2n) is 2.98. The van der Waals surface area contributed by atoms with Crippen LogP contribution in [-0.4, -0.2) is 32.7 Å². The molecule has 0 aromatic carbocycles. The Kier molecular flexibility index (Phi) is 2.47. The van der Waals surface area contributed by atoms with Gasteiger partial charge in [-0.2, -0.15) is 10.2 Å². The van der Waals surface area contributed by atoms with Gasteiger partial charge in [-0.1, -0.05) is 0 Å². The minimum Gasteiger partial charge on any atom is -0.469 e. The number of carbonyl (C=O) groups excluding carboxylic acids is 1. The standard InChI is InChI=1S/C9H7N5O2/c1-16-8(15)2-7-12-9-11-4-6(3-10)5-14(9)13-7/h4-5H,2H2,1H3. The van der Waals surface area contributed by atoms with Crippen molar-refractivity contribution in [2.45, 2.75) is 6.42 Å². The molecule has 0 fully saturated rings. The first-order valence-corrected chi connectivity index (χ1v) is 4.41. The highest BCUT2D eigenvalue weighted by Crippen LogP contribution is 2.01. The van der Waals surface area contributed by atoms with Gasteiger partial charge in [0.1, 0.15) is 12.5 Å². The van der Waals surface area contributed by atoms with Gasteiger partial charge in [0.2, 0.25) is 0 Å². The monoisotopic (exact) mass is 217 g/mol. The number of aromatic nitrogens is 4. The molecular weight excluding hydrogens is 210 g/mol. The van der Waals surface area contributed by atoms with Crippen LogP contribution in [0.1, 0.15) is 11.4 Å². The van der Waals surface area contributed by atoms with E-state index in [-0.39, 0.29) is 6.42 Å². The van der Waals surface area contributed by atoms with E-state index in [0.717, 1.165) is 0 Å². The van der Waals surface area contributed by atoms with Crippen molar-refractivity contribution >= 4 is 11.7 Å². The SMILES string of the molecule is COC(=O)Cc1nc2ncc(C#N)cn2n1. The summed E-state index contributed by atoms with van der Waals surface area (Å²) in [6, 6.07) is 1.94. The number of nitriles is 1. The molecule has 2 aromatic rings. The maximum absolute atomic E-state index is 11.0. The Morgan fingerprint density at radius 3 is 3.19 bits per heavy atom. The Hall–Kier alpha value is -2.49. The molecule has 0 amide bonds. The fourth-order valence-electron chi connectivity index (χ4n) is 1.16. The number of esters is 1. The number of nitrogens with zero attached hydrogens (tertiary/aromatic N) is 5. The highest BCUT2D eigenvalue weighted by molar-refractivity contribution is 5.71. The number of carbonyl (C=O) groups is 1. The molecule has 0 aliphatic rings. The largest absolute Gasteiger partial charge is 0.469 e. The van der Waals surface area contributed by atoms with Crippen LogP contribution in [-0.2, 0) is 16.0 Å². The quantitative estimate of drug-likeness (QED) is 0.642. The summed E-state index contributed by atoms with van der Waals surface area (Å²) in [7, 11) is 1.30. The molecule has 0 radical (unpaired) electrons. The highest BCUT2D eigenvalue weighted by atomic mass is 16.5. The Balaban J connectivity index is 2.37. The van der Waals surface area contributed by atoms with E-state index in [1.807, 2.05) is 6.07 Å². The molecule has 0 aliphatic carbocycles. The van der Waals surface area contributed by atoms with Crippen molar-refractivity contribution in [1.29, 1.82) is 5.26 Å². The minimum atomic E-state index is -0.420. The van der Waals surface area contributed by atoms with E-state index in [1.54, 1.807) is 0 Å². The highest BCUT2D eigenvalue weighted by Gasteiger charge is 2.10. The summed E-state index contributed by atoms with van der Waals surface area (Å²) < 4.78 is 5.85. The van der Waals surface area contributed by atoms with Crippen molar-refractivity contribution in [1.82, 2.24) is 19.6 Å². The van der Waals surface area contributed by atoms with Gasteiger partial charge in [-0.3, -0.25) is 4.79 Å². The van der Waals surface area contributed by atoms with E-state index in [4.69, 9.17) is 5.26 Å². The Morgan fingerprint density at radius 1 is 1.69 bits per heavy atom. The summed E-state index contributed by atoms with van der Waals surface area (Å²) in [5, 5.41) is 12.7. The molecule has 0 unspecified atom stereocenters. The number of ether oxygens (including phenoxy) is 1. The molecule has 0 saturated heterocycles. The zero-order valence-electron chi connectivity index (χ0n) is 8.41. The molecule has 2 rings (SSSR count). The minimum absolute atomic E-state index is 0.0122. The van der Waals surface area contributed by atoms with Gasteiger partial charge in [0.15, 0.2) is 5.82 Å². The van der Waals surface area contributed by atoms with Crippen molar-refractivity contribution < 1.29 is 9.53 Å². The third-order valence-corrected chi connectivity index (χ3v) is 1.90. The van der Waals surface area contributed by atoms with Crippen molar-refractivity contribution in [3.8, 4) is 6.07 Å². The summed E-state index contributed by atoms with van der Waals surface area (Å²) in [4.78, 5) is 18.9. The van der Waals surface area contributed by atoms with Crippen molar-refractivity contribution in [3.05, 3.63) is 23.8 Å². The van der Waals surface area contributed by atoms with Crippen LogP contribution in [0.5, 0.6) is 0 Å². The average molecular weight is 217 g/mol. The Labute approximate surface area is 90.3 Å². The van der Waals surface area contributed by atoms with Crippen LogP contribution >= 0.6 is 0 Å². The molecule has 7 heteroatoms. The fraction of sp³-hybridized carbons (Fsp3) is 0.222. The molecule has 0 spiro atoms. The van der Waals surface area contributed by atoms with Crippen LogP contribution < -0.4 is 0 Å². The van der Waals surface area contributed by atoms with Crippen LogP contribution in [0.25, 0.3) is 5.78 Å². The van der Waals surface area contributed by atoms with Gasteiger partial charge in [-0.15, -0.1) is 5.10 Å². The molecule has 0 atom stereocenters. The van der Waals surface area contributed by atoms with E-state index in [1.165, 1.54) is 24.0 Å². The number of hydrogen-bond acceptors (Lipinski definition) is 6. The molecule has 2 aromatic heterocycles. The van der Waals surface area contributed by atoms with Gasteiger partial charge in [-0.25, -0.2) is 9.50 Å². The number of fused-ring (bicyclic) bond motifs is 1. The van der Waals surface area contributed by atoms with E-state index in [9.17, 15) is 4.79 Å². The molecular formula is C9H7N5O2. The molecule has 2 heterocycles. The van der Waals surface area contributed by atoms with Crippen LogP contribution in [0.4, 0.5) is 0 Å². The van der Waals surface area contributed by atoms with Gasteiger partial charge in [0.25, 0.3) is 5.78 Å². The topological polar surface area (TPSA) is 93.2 Å². The first-order valence-electron chi connectivity index (χ1n) is 4.41. The molecule has 80 valence electrons. The summed E-state index contributed by atoms with van der Waals surface area (Å²) in [5.41, 5.74) is 0.377. The summed E-state index contributed by atoms with van der Waals surface area (Å²) in [6.07, 6.45) is 2.88. The van der Waals surface area contributed by atoms with Crippen LogP contribution in [0.3, 0.4) is 0 Å². The third-order valence-electron chi connectivity index (χ3n) is 1.90. The molecule has 0 bridgehead atoms. The molecule has 16 heavy (non-hydrogen) atoms. The normalized spacial score (nSPS) is 10.0. The predicted octanol–water partition coefficient (Wildman–Crippen LogP) is -0.289. The lowest BCUT2D eigenvalue weighted by Crippen LogP contribution is -2.05. The summed E-state index contributed by atoms with van der Waals surface area (Å²) in [6.45, 7) is 0. The van der Waals surface area contributed by atoms with E-state index >= 15 is 0 Å². The second kappa shape index (κ2) is 3.94. The van der Waals surface area contributed by atoms with Gasteiger partial charge in [-0.05, 0) is 0 Å². The van der Waals surface area contributed by atoms with Crippen molar-refractivity contribution in [2.75, 3.05) is 7.11 Å². The van der Waals surface area contributed by atoms with Crippen LogP contribution in [0, 0.1) is 11.3 Å². The Morgan fingerprint density at radius 2 is 2.50 bits per heavy atom. The summed E-state index contributed by atoms with van der Waals surface area (Å²) >= 11 is 0. The van der Waals surface area contributed by atoms with Crippen molar-refractivity contribution in [2.24, 2.45) is 0 Å².